The Balaban J connectivity index is 1.20. The van der Waals surface area contributed by atoms with Gasteiger partial charge >= 0.3 is 0 Å². The molecule has 2 aliphatic rings. The number of aryl methyl sites for hydroxylation is 1. The van der Waals surface area contributed by atoms with Gasteiger partial charge in [0.1, 0.15) is 17.4 Å². The van der Waals surface area contributed by atoms with Gasteiger partial charge < -0.3 is 14.8 Å². The van der Waals surface area contributed by atoms with E-state index < -0.39 is 0 Å². The number of nitrogens with one attached hydrogen (secondary N) is 1. The van der Waals surface area contributed by atoms with Crippen molar-refractivity contribution in [3.8, 4) is 17.0 Å². The molecule has 1 fully saturated rings. The highest BCUT2D eigenvalue weighted by atomic mass is 127. The van der Waals surface area contributed by atoms with Crippen molar-refractivity contribution in [3.05, 3.63) is 59.9 Å². The van der Waals surface area contributed by atoms with E-state index in [-0.39, 0.29) is 25.7 Å². The van der Waals surface area contributed by atoms with E-state index in [1.165, 1.54) is 4.90 Å². The van der Waals surface area contributed by atoms with Crippen molar-refractivity contribution in [3.63, 3.8) is 0 Å². The van der Waals surface area contributed by atoms with Crippen LogP contribution in [-0.4, -0.2) is 54.3 Å². The molecule has 3 aromatic rings. The van der Waals surface area contributed by atoms with Crippen LogP contribution in [-0.2, 0) is 4.74 Å². The van der Waals surface area contributed by atoms with Crippen LogP contribution in [0, 0.1) is 6.92 Å². The molecule has 3 heterocycles. The second-order valence-corrected chi connectivity index (χ2v) is 12.4. The number of fused-ring (bicyclic) bond motifs is 1. The molecule has 0 bridgehead atoms. The number of aromatic nitrogens is 2. The molecule has 7 nitrogen and oxygen atoms in total. The third kappa shape index (κ3) is 6.58. The smallest absolute Gasteiger partial charge is 0.130 e. The lowest BCUT2D eigenvalue weighted by Crippen LogP contribution is -2.37. The van der Waals surface area contributed by atoms with Crippen LogP contribution >= 0.6 is 28.6 Å². The average Bonchev–Trinajstić information content (AvgIpc) is 3.35. The van der Waals surface area contributed by atoms with E-state index in [0.717, 1.165) is 79.2 Å². The molecule has 9 heteroatoms. The van der Waals surface area contributed by atoms with Gasteiger partial charge in [0.25, 0.3) is 0 Å². The van der Waals surface area contributed by atoms with Crippen LogP contribution in [0.1, 0.15) is 30.8 Å². The zero-order chi connectivity index (χ0) is 24.0. The van der Waals surface area contributed by atoms with Gasteiger partial charge in [0.15, 0.2) is 0 Å². The predicted molar refractivity (Wildman–Crippen MR) is 150 cm³/mol. The van der Waals surface area contributed by atoms with Crippen LogP contribution in [0.3, 0.4) is 0 Å². The van der Waals surface area contributed by atoms with Gasteiger partial charge in [-0.3, -0.25) is 4.90 Å². The Labute approximate surface area is 219 Å². The van der Waals surface area contributed by atoms with Gasteiger partial charge in [0, 0.05) is 36.2 Å². The SMILES string of the molecule is Cc1nc(NC(C)c2cccc(OCCCN3CCOCC3)c2)cc(-c2ccc3c(c2)SI=N3)n1. The maximum atomic E-state index is 6.05. The second-order valence-electron chi connectivity index (χ2n) is 8.69. The van der Waals surface area contributed by atoms with Crippen molar-refractivity contribution in [2.24, 2.45) is 3.15 Å². The Bertz CT molecular complexity index is 1200. The molecule has 1 saturated heterocycles. The van der Waals surface area contributed by atoms with Crippen LogP contribution in [0.25, 0.3) is 11.3 Å². The largest absolute Gasteiger partial charge is 0.494 e. The quantitative estimate of drug-likeness (QED) is 0.220. The number of hydrogen-bond donors (Lipinski definition) is 1. The number of rotatable bonds is 9. The standard InChI is InChI=1S/C26H30IN5O2S/c1-18(20-5-3-6-22(15-20)34-12-4-9-32-10-13-33-14-11-32)28-26-17-24(29-19(2)30-26)21-7-8-23-25(16-21)35-27-31-23/h3,5-8,15-18H,4,9-14H2,1-2H3,(H,28,29,30). The Morgan fingerprint density at radius 3 is 2.91 bits per heavy atom. The molecule has 0 aliphatic carbocycles. The fraction of sp³-hybridized carbons (Fsp3) is 0.385. The first-order chi connectivity index (χ1) is 17.1. The number of halogens is 1. The highest BCUT2D eigenvalue weighted by Crippen LogP contribution is 2.48. The van der Waals surface area contributed by atoms with E-state index in [1.807, 2.05) is 28.0 Å². The number of anilines is 1. The number of hydrogen-bond acceptors (Lipinski definition) is 8. The summed E-state index contributed by atoms with van der Waals surface area (Å²) >= 11 is -0.154. The summed E-state index contributed by atoms with van der Waals surface area (Å²) in [6.07, 6.45) is 1.01. The van der Waals surface area contributed by atoms with E-state index in [0.29, 0.717) is 6.61 Å². The molecular weight excluding hydrogens is 573 g/mol. The molecule has 0 amide bonds. The van der Waals surface area contributed by atoms with Crippen LogP contribution in [0.4, 0.5) is 11.5 Å². The Morgan fingerprint density at radius 2 is 2.03 bits per heavy atom. The lowest BCUT2D eigenvalue weighted by Gasteiger charge is -2.26. The fourth-order valence-electron chi connectivity index (χ4n) is 4.17. The van der Waals surface area contributed by atoms with Crippen LogP contribution < -0.4 is 10.1 Å². The summed E-state index contributed by atoms with van der Waals surface area (Å²) in [6, 6.07) is 16.8. The topological polar surface area (TPSA) is 71.9 Å². The summed E-state index contributed by atoms with van der Waals surface area (Å²) in [6.45, 7) is 9.56. The van der Waals surface area contributed by atoms with E-state index in [2.05, 4.69) is 66.7 Å². The summed E-state index contributed by atoms with van der Waals surface area (Å²) in [7, 11) is 1.87. The number of nitrogens with zero attached hydrogens (tertiary/aromatic N) is 4. The van der Waals surface area contributed by atoms with Gasteiger partial charge in [0.05, 0.1) is 56.9 Å². The van der Waals surface area contributed by atoms with Gasteiger partial charge in [-0.05, 0) is 59.0 Å². The van der Waals surface area contributed by atoms with Gasteiger partial charge in [-0.1, -0.05) is 18.2 Å². The maximum absolute atomic E-state index is 6.05. The van der Waals surface area contributed by atoms with E-state index in [4.69, 9.17) is 9.47 Å². The van der Waals surface area contributed by atoms with E-state index >= 15 is 0 Å². The Hall–Kier alpha value is -2.08. The van der Waals surface area contributed by atoms with Gasteiger partial charge in [-0.25, -0.2) is 13.1 Å². The van der Waals surface area contributed by atoms with Crippen molar-refractivity contribution in [2.45, 2.75) is 31.2 Å². The minimum absolute atomic E-state index is 0.0770. The summed E-state index contributed by atoms with van der Waals surface area (Å²) in [5.74, 6) is 2.48. The van der Waals surface area contributed by atoms with Crippen LogP contribution in [0.15, 0.2) is 56.6 Å². The predicted octanol–water partition coefficient (Wildman–Crippen LogP) is 6.53. The van der Waals surface area contributed by atoms with Crippen molar-refractivity contribution in [2.75, 3.05) is 44.8 Å². The molecule has 0 radical (unpaired) electrons. The first kappa shape index (κ1) is 24.6. The molecule has 1 atom stereocenters. The molecule has 1 N–H and O–H groups in total. The molecule has 0 spiro atoms. The lowest BCUT2D eigenvalue weighted by molar-refractivity contribution is 0.0358. The highest BCUT2D eigenvalue weighted by Gasteiger charge is 2.14. The normalized spacial score (nSPS) is 16.4. The Morgan fingerprint density at radius 1 is 1.14 bits per heavy atom. The van der Waals surface area contributed by atoms with Gasteiger partial charge in [0.2, 0.25) is 0 Å². The first-order valence-electron chi connectivity index (χ1n) is 12.0. The summed E-state index contributed by atoms with van der Waals surface area (Å²) in [5, 5.41) is 3.56. The monoisotopic (exact) mass is 603 g/mol. The molecule has 2 aliphatic heterocycles. The number of ether oxygens (including phenoxy) is 2. The molecule has 1 aromatic heterocycles. The minimum Gasteiger partial charge on any atom is -0.494 e. The molecule has 5 rings (SSSR count). The highest BCUT2D eigenvalue weighted by molar-refractivity contribution is 14.2. The van der Waals surface area contributed by atoms with E-state index in [9.17, 15) is 0 Å². The first-order valence-corrected chi connectivity index (χ1v) is 16.3. The average molecular weight is 604 g/mol. The van der Waals surface area contributed by atoms with E-state index in [1.54, 1.807) is 0 Å². The molecule has 35 heavy (non-hydrogen) atoms. The summed E-state index contributed by atoms with van der Waals surface area (Å²) in [5.41, 5.74) is 4.31. The maximum Gasteiger partial charge on any atom is 0.130 e. The van der Waals surface area contributed by atoms with Crippen molar-refractivity contribution >= 4 is 40.1 Å². The second kappa shape index (κ2) is 11.8. The number of benzene rings is 2. The fourth-order valence-corrected chi connectivity index (χ4v) is 7.93. The van der Waals surface area contributed by atoms with Crippen molar-refractivity contribution < 1.29 is 9.47 Å². The molecular formula is C26H30IN5O2S. The summed E-state index contributed by atoms with van der Waals surface area (Å²) in [4.78, 5) is 13.0. The molecule has 2 aromatic carbocycles. The molecule has 184 valence electrons. The Kier molecular flexibility index (Phi) is 8.27. The zero-order valence-corrected chi connectivity index (χ0v) is 23.0. The molecule has 0 saturated carbocycles. The zero-order valence-electron chi connectivity index (χ0n) is 20.0. The van der Waals surface area contributed by atoms with Crippen molar-refractivity contribution in [1.29, 1.82) is 0 Å². The third-order valence-corrected chi connectivity index (χ3v) is 9.81. The summed E-state index contributed by atoms with van der Waals surface area (Å²) < 4.78 is 16.1. The van der Waals surface area contributed by atoms with Gasteiger partial charge in [-0.2, -0.15) is 0 Å². The number of morpholine rings is 1. The van der Waals surface area contributed by atoms with Crippen LogP contribution in [0.5, 0.6) is 5.75 Å². The van der Waals surface area contributed by atoms with Gasteiger partial charge in [-0.15, -0.1) is 0 Å². The lowest BCUT2D eigenvalue weighted by atomic mass is 10.1. The van der Waals surface area contributed by atoms with Crippen LogP contribution in [0.2, 0.25) is 0 Å². The van der Waals surface area contributed by atoms with Crippen molar-refractivity contribution in [1.82, 2.24) is 14.9 Å². The third-order valence-electron chi connectivity index (χ3n) is 6.05. The molecule has 1 unspecified atom stereocenters. The minimum atomic E-state index is -0.154.